The second-order valence-corrected chi connectivity index (χ2v) is 7.49. The summed E-state index contributed by atoms with van der Waals surface area (Å²) < 4.78 is 14.4. The maximum absolute atomic E-state index is 14.4. The minimum Gasteiger partial charge on any atom is -0.337 e. The molecule has 1 heterocycles. The monoisotopic (exact) mass is 354 g/mol. The van der Waals surface area contributed by atoms with Gasteiger partial charge in [-0.25, -0.2) is 4.39 Å². The topological polar surface area (TPSA) is 40.6 Å². The number of anilines is 3. The number of benzene rings is 2. The predicted octanol–water partition coefficient (Wildman–Crippen LogP) is 4.32. The minimum absolute atomic E-state index is 0.0139. The highest BCUT2D eigenvalue weighted by Gasteiger charge is 2.31. The highest BCUT2D eigenvalue weighted by atomic mass is 19.1. The molecule has 0 N–H and O–H groups in total. The van der Waals surface area contributed by atoms with Gasteiger partial charge in [-0.3, -0.25) is 9.59 Å². The van der Waals surface area contributed by atoms with Crippen LogP contribution in [0.3, 0.4) is 0 Å². The van der Waals surface area contributed by atoms with Gasteiger partial charge in [-0.15, -0.1) is 0 Å². The predicted molar refractivity (Wildman–Crippen MR) is 101 cm³/mol. The average Bonchev–Trinajstić information content (AvgIpc) is 2.73. The second-order valence-electron chi connectivity index (χ2n) is 7.49. The molecule has 136 valence electrons. The summed E-state index contributed by atoms with van der Waals surface area (Å²) in [6.45, 7) is 5.90. The summed E-state index contributed by atoms with van der Waals surface area (Å²) in [6.07, 6.45) is 0.209. The Morgan fingerprint density at radius 2 is 1.58 bits per heavy atom. The summed E-state index contributed by atoms with van der Waals surface area (Å²) in [6, 6.07) is 13.9. The Bertz CT molecular complexity index is 842. The van der Waals surface area contributed by atoms with E-state index in [1.807, 2.05) is 49.9 Å². The number of carbonyl (C=O) groups is 2. The van der Waals surface area contributed by atoms with Gasteiger partial charge in [0.2, 0.25) is 5.91 Å². The van der Waals surface area contributed by atoms with Crippen molar-refractivity contribution in [3.05, 3.63) is 54.3 Å². The molecule has 0 saturated heterocycles. The molecule has 0 radical (unpaired) electrons. The van der Waals surface area contributed by atoms with E-state index >= 15 is 0 Å². The van der Waals surface area contributed by atoms with Crippen molar-refractivity contribution in [2.75, 3.05) is 22.9 Å². The van der Waals surface area contributed by atoms with Crippen LogP contribution in [0, 0.1) is 11.2 Å². The van der Waals surface area contributed by atoms with Gasteiger partial charge < -0.3 is 9.80 Å². The van der Waals surface area contributed by atoms with E-state index in [1.165, 1.54) is 11.0 Å². The van der Waals surface area contributed by atoms with Crippen molar-refractivity contribution < 1.29 is 14.0 Å². The lowest BCUT2D eigenvalue weighted by molar-refractivity contribution is -0.127. The van der Waals surface area contributed by atoms with Crippen LogP contribution >= 0.6 is 0 Å². The number of carbonyl (C=O) groups excluding carboxylic acids is 2. The molecule has 0 unspecified atom stereocenters. The van der Waals surface area contributed by atoms with Crippen molar-refractivity contribution in [1.82, 2.24) is 0 Å². The molecule has 0 aliphatic carbocycles. The van der Waals surface area contributed by atoms with E-state index < -0.39 is 5.41 Å². The first-order valence-corrected chi connectivity index (χ1v) is 8.74. The van der Waals surface area contributed by atoms with E-state index in [0.29, 0.717) is 17.9 Å². The number of amides is 1. The standard InChI is InChI=1S/C21H23FN2O2/c1-21(2,3)19(25)14-24-18-11-7-6-10-17(18)23(13-12-20(24)26)16-9-5-4-8-15(16)22/h4-11H,12-14H2,1-3H3. The summed E-state index contributed by atoms with van der Waals surface area (Å²) in [5.74, 6) is -0.483. The van der Waals surface area contributed by atoms with Crippen molar-refractivity contribution in [2.24, 2.45) is 5.41 Å². The van der Waals surface area contributed by atoms with Crippen LogP contribution in [-0.2, 0) is 9.59 Å². The third-order valence-corrected chi connectivity index (χ3v) is 4.60. The maximum atomic E-state index is 14.4. The molecule has 4 nitrogen and oxygen atoms in total. The van der Waals surface area contributed by atoms with Gasteiger partial charge in [-0.1, -0.05) is 45.0 Å². The lowest BCUT2D eigenvalue weighted by Crippen LogP contribution is -2.39. The fourth-order valence-electron chi connectivity index (χ4n) is 2.99. The van der Waals surface area contributed by atoms with E-state index in [9.17, 15) is 14.0 Å². The molecule has 1 aliphatic rings. The van der Waals surface area contributed by atoms with Crippen molar-refractivity contribution in [3.63, 3.8) is 0 Å². The fourth-order valence-corrected chi connectivity index (χ4v) is 2.99. The van der Waals surface area contributed by atoms with Crippen LogP contribution in [0.2, 0.25) is 0 Å². The smallest absolute Gasteiger partial charge is 0.229 e. The Labute approximate surface area is 153 Å². The Balaban J connectivity index is 2.06. The van der Waals surface area contributed by atoms with Gasteiger partial charge in [0.25, 0.3) is 0 Å². The molecule has 0 spiro atoms. The van der Waals surface area contributed by atoms with Crippen LogP contribution in [-0.4, -0.2) is 24.8 Å². The number of halogens is 1. The third kappa shape index (κ3) is 3.47. The normalized spacial score (nSPS) is 14.8. The first kappa shape index (κ1) is 18.1. The molecule has 3 rings (SSSR count). The average molecular weight is 354 g/mol. The van der Waals surface area contributed by atoms with E-state index in [2.05, 4.69) is 0 Å². The van der Waals surface area contributed by atoms with Crippen molar-refractivity contribution >= 4 is 28.8 Å². The molecule has 0 fully saturated rings. The van der Waals surface area contributed by atoms with Crippen LogP contribution in [0.4, 0.5) is 21.5 Å². The van der Waals surface area contributed by atoms with Gasteiger partial charge >= 0.3 is 0 Å². The van der Waals surface area contributed by atoms with Crippen LogP contribution in [0.5, 0.6) is 0 Å². The summed E-state index contributed by atoms with van der Waals surface area (Å²) in [7, 11) is 0. The zero-order chi connectivity index (χ0) is 18.9. The van der Waals surface area contributed by atoms with Gasteiger partial charge in [-0.05, 0) is 24.3 Å². The Kier molecular flexibility index (Phi) is 4.81. The van der Waals surface area contributed by atoms with Crippen LogP contribution in [0.25, 0.3) is 0 Å². The maximum Gasteiger partial charge on any atom is 0.229 e. The van der Waals surface area contributed by atoms with Crippen molar-refractivity contribution in [1.29, 1.82) is 0 Å². The molecule has 5 heteroatoms. The number of ketones is 1. The van der Waals surface area contributed by atoms with E-state index in [0.717, 1.165) is 5.69 Å². The first-order valence-electron chi connectivity index (χ1n) is 8.74. The SMILES string of the molecule is CC(C)(C)C(=O)CN1C(=O)CCN(c2ccccc2F)c2ccccc21. The first-order chi connectivity index (χ1) is 12.3. The number of Topliss-reactive ketones (excluding diaryl/α,β-unsaturated/α-hetero) is 1. The van der Waals surface area contributed by atoms with Crippen LogP contribution in [0.1, 0.15) is 27.2 Å². The zero-order valence-corrected chi connectivity index (χ0v) is 15.3. The molecule has 0 saturated carbocycles. The molecule has 0 bridgehead atoms. The van der Waals surface area contributed by atoms with E-state index in [4.69, 9.17) is 0 Å². The van der Waals surface area contributed by atoms with Crippen molar-refractivity contribution in [3.8, 4) is 0 Å². The Morgan fingerprint density at radius 3 is 2.19 bits per heavy atom. The second kappa shape index (κ2) is 6.90. The number of rotatable bonds is 3. The molecule has 2 aromatic carbocycles. The molecule has 0 atom stereocenters. The molecule has 1 aliphatic heterocycles. The quantitative estimate of drug-likeness (QED) is 0.824. The molecule has 0 aromatic heterocycles. The number of fused-ring (bicyclic) bond motifs is 1. The summed E-state index contributed by atoms with van der Waals surface area (Å²) in [5.41, 5.74) is 1.25. The summed E-state index contributed by atoms with van der Waals surface area (Å²) >= 11 is 0. The highest BCUT2D eigenvalue weighted by molar-refractivity contribution is 6.04. The third-order valence-electron chi connectivity index (χ3n) is 4.60. The summed E-state index contributed by atoms with van der Waals surface area (Å²) in [4.78, 5) is 28.6. The fraction of sp³-hybridized carbons (Fsp3) is 0.333. The lowest BCUT2D eigenvalue weighted by Gasteiger charge is -2.28. The van der Waals surface area contributed by atoms with Crippen LogP contribution < -0.4 is 9.80 Å². The highest BCUT2D eigenvalue weighted by Crippen LogP contribution is 2.38. The summed E-state index contributed by atoms with van der Waals surface area (Å²) in [5, 5.41) is 0. The van der Waals surface area contributed by atoms with Gasteiger partial charge in [0, 0.05) is 18.4 Å². The van der Waals surface area contributed by atoms with Gasteiger partial charge in [-0.2, -0.15) is 0 Å². The molecular formula is C21H23FN2O2. The molecule has 26 heavy (non-hydrogen) atoms. The number of para-hydroxylation sites is 3. The Morgan fingerprint density at radius 1 is 1.00 bits per heavy atom. The number of nitrogens with zero attached hydrogens (tertiary/aromatic N) is 2. The van der Waals surface area contributed by atoms with Gasteiger partial charge in [0.15, 0.2) is 5.78 Å². The van der Waals surface area contributed by atoms with Crippen LogP contribution in [0.15, 0.2) is 48.5 Å². The number of hydrogen-bond donors (Lipinski definition) is 0. The lowest BCUT2D eigenvalue weighted by atomic mass is 9.90. The molecule has 2 aromatic rings. The number of hydrogen-bond acceptors (Lipinski definition) is 3. The molecular weight excluding hydrogens is 331 g/mol. The van der Waals surface area contributed by atoms with E-state index in [-0.39, 0.29) is 30.5 Å². The molecule has 1 amide bonds. The zero-order valence-electron chi connectivity index (χ0n) is 15.3. The van der Waals surface area contributed by atoms with Gasteiger partial charge in [0.1, 0.15) is 5.82 Å². The van der Waals surface area contributed by atoms with E-state index in [1.54, 1.807) is 18.2 Å². The van der Waals surface area contributed by atoms with Gasteiger partial charge in [0.05, 0.1) is 23.6 Å². The Hall–Kier alpha value is -2.69. The van der Waals surface area contributed by atoms with Crippen molar-refractivity contribution in [2.45, 2.75) is 27.2 Å². The largest absolute Gasteiger partial charge is 0.337 e. The minimum atomic E-state index is -0.535.